The Bertz CT molecular complexity index is 852. The first-order valence-corrected chi connectivity index (χ1v) is 10.00. The molecule has 2 atom stereocenters. The van der Waals surface area contributed by atoms with Gasteiger partial charge in [0.15, 0.2) is 0 Å². The van der Waals surface area contributed by atoms with Crippen LogP contribution in [0.2, 0.25) is 0 Å². The lowest BCUT2D eigenvalue weighted by molar-refractivity contribution is 0.0583. The largest absolute Gasteiger partial charge is 0.497 e. The van der Waals surface area contributed by atoms with E-state index in [4.69, 9.17) is 4.74 Å². The number of hydrogen-bond acceptors (Lipinski definition) is 5. The van der Waals surface area contributed by atoms with Gasteiger partial charge in [-0.05, 0) is 50.3 Å². The molecule has 0 spiro atoms. The Hall–Kier alpha value is -2.47. The molecule has 3 aliphatic heterocycles. The molecule has 0 radical (unpaired) electrons. The molecule has 2 aromatic rings. The highest BCUT2D eigenvalue weighted by molar-refractivity contribution is 5.95. The summed E-state index contributed by atoms with van der Waals surface area (Å²) in [6.07, 6.45) is 3.95. The highest BCUT2D eigenvalue weighted by Gasteiger charge is 2.37. The summed E-state index contributed by atoms with van der Waals surface area (Å²) in [5.41, 5.74) is 2.69. The van der Waals surface area contributed by atoms with Crippen LogP contribution in [0, 0.1) is 19.8 Å². The third-order valence-electron chi connectivity index (χ3n) is 5.95. The average molecular weight is 380 g/mol. The quantitative estimate of drug-likeness (QED) is 0.816. The van der Waals surface area contributed by atoms with Crippen LogP contribution in [-0.4, -0.2) is 58.5 Å². The predicted molar refractivity (Wildman–Crippen MR) is 107 cm³/mol. The standard InChI is InChI=1S/C22H28N4O2/c1-15-21(10-23-16(2)24-15)22(27)26-13-18-4-7-19(26)14-25(12-18)11-17-5-8-20(28-3)9-6-17/h5-6,8-10,18-19H,4,7,11-14H2,1-3H3/t18-,19+/m0/s1. The fourth-order valence-electron chi connectivity index (χ4n) is 4.49. The third kappa shape index (κ3) is 3.87. The topological polar surface area (TPSA) is 58.6 Å². The van der Waals surface area contributed by atoms with Crippen LogP contribution in [0.15, 0.2) is 30.5 Å². The SMILES string of the molecule is COc1ccc(CN2C[C@@H]3CC[C@H](C2)N(C(=O)c2cnc(C)nc2C)C3)cc1. The molecule has 5 rings (SSSR count). The van der Waals surface area contributed by atoms with Crippen LogP contribution in [0.3, 0.4) is 0 Å². The van der Waals surface area contributed by atoms with Crippen molar-refractivity contribution in [3.05, 3.63) is 53.1 Å². The van der Waals surface area contributed by atoms with E-state index < -0.39 is 0 Å². The summed E-state index contributed by atoms with van der Waals surface area (Å²) < 4.78 is 5.25. The first kappa shape index (κ1) is 18.9. The first-order valence-electron chi connectivity index (χ1n) is 10.00. The zero-order chi connectivity index (χ0) is 19.7. The highest BCUT2D eigenvalue weighted by atomic mass is 16.5. The summed E-state index contributed by atoms with van der Waals surface area (Å²) in [4.78, 5) is 26.4. The van der Waals surface area contributed by atoms with Gasteiger partial charge in [0.25, 0.3) is 5.91 Å². The fraction of sp³-hybridized carbons (Fsp3) is 0.500. The summed E-state index contributed by atoms with van der Waals surface area (Å²) in [5, 5.41) is 0. The molecule has 1 aromatic heterocycles. The molecule has 4 heterocycles. The molecule has 0 saturated carbocycles. The zero-order valence-electron chi connectivity index (χ0n) is 16.9. The molecular formula is C22H28N4O2. The Morgan fingerprint density at radius 3 is 2.64 bits per heavy atom. The van der Waals surface area contributed by atoms with Crippen LogP contribution in [0.4, 0.5) is 0 Å². The van der Waals surface area contributed by atoms with E-state index in [9.17, 15) is 4.79 Å². The van der Waals surface area contributed by atoms with Gasteiger partial charge >= 0.3 is 0 Å². The Labute approximate surface area is 166 Å². The summed E-state index contributed by atoms with van der Waals surface area (Å²) in [5.74, 6) is 2.19. The third-order valence-corrected chi connectivity index (χ3v) is 5.95. The second kappa shape index (κ2) is 7.87. The van der Waals surface area contributed by atoms with E-state index in [1.165, 1.54) is 12.0 Å². The number of methoxy groups -OCH3 is 1. The van der Waals surface area contributed by atoms with Crippen molar-refractivity contribution >= 4 is 5.91 Å². The van der Waals surface area contributed by atoms with E-state index in [0.717, 1.165) is 44.0 Å². The molecular weight excluding hydrogens is 352 g/mol. The molecule has 28 heavy (non-hydrogen) atoms. The van der Waals surface area contributed by atoms with Crippen molar-refractivity contribution in [1.29, 1.82) is 0 Å². The number of amides is 1. The smallest absolute Gasteiger partial charge is 0.257 e. The number of carbonyl (C=O) groups is 1. The van der Waals surface area contributed by atoms with Crippen molar-refractivity contribution in [3.63, 3.8) is 0 Å². The van der Waals surface area contributed by atoms with E-state index in [2.05, 4.69) is 31.9 Å². The minimum Gasteiger partial charge on any atom is -0.497 e. The molecule has 3 aliphatic rings. The fourth-order valence-corrected chi connectivity index (χ4v) is 4.49. The van der Waals surface area contributed by atoms with Gasteiger partial charge in [0.2, 0.25) is 0 Å². The molecule has 0 N–H and O–H groups in total. The monoisotopic (exact) mass is 380 g/mol. The van der Waals surface area contributed by atoms with Crippen LogP contribution in [0.1, 0.15) is 40.3 Å². The number of benzene rings is 1. The molecule has 3 saturated heterocycles. The van der Waals surface area contributed by atoms with Gasteiger partial charge in [0.1, 0.15) is 11.6 Å². The van der Waals surface area contributed by atoms with Gasteiger partial charge in [0.05, 0.1) is 18.4 Å². The number of hydrogen-bond donors (Lipinski definition) is 0. The second-order valence-corrected chi connectivity index (χ2v) is 8.01. The Morgan fingerprint density at radius 1 is 1.14 bits per heavy atom. The molecule has 0 aliphatic carbocycles. The minimum absolute atomic E-state index is 0.0819. The van der Waals surface area contributed by atoms with Crippen LogP contribution in [-0.2, 0) is 6.54 Å². The van der Waals surface area contributed by atoms with E-state index in [-0.39, 0.29) is 11.9 Å². The Balaban J connectivity index is 1.49. The second-order valence-electron chi connectivity index (χ2n) is 8.01. The maximum Gasteiger partial charge on any atom is 0.257 e. The molecule has 2 bridgehead atoms. The first-order chi connectivity index (χ1) is 13.5. The summed E-state index contributed by atoms with van der Waals surface area (Å²) in [6, 6.07) is 8.53. The number of carbonyl (C=O) groups excluding carboxylic acids is 1. The number of aryl methyl sites for hydroxylation is 2. The maximum absolute atomic E-state index is 13.2. The molecule has 3 fully saturated rings. The van der Waals surface area contributed by atoms with E-state index in [1.807, 2.05) is 26.0 Å². The van der Waals surface area contributed by atoms with Crippen molar-refractivity contribution in [1.82, 2.24) is 19.8 Å². The predicted octanol–water partition coefficient (Wildman–Crippen LogP) is 2.84. The number of fused-ring (bicyclic) bond motifs is 4. The van der Waals surface area contributed by atoms with Gasteiger partial charge in [-0.15, -0.1) is 0 Å². The summed E-state index contributed by atoms with van der Waals surface area (Å²) in [7, 11) is 1.69. The van der Waals surface area contributed by atoms with Crippen molar-refractivity contribution < 1.29 is 9.53 Å². The number of aromatic nitrogens is 2. The number of piperidine rings is 1. The Kier molecular flexibility index (Phi) is 5.31. The van der Waals surface area contributed by atoms with E-state index >= 15 is 0 Å². The number of rotatable bonds is 4. The van der Waals surface area contributed by atoms with Gasteiger partial charge in [-0.3, -0.25) is 9.69 Å². The maximum atomic E-state index is 13.2. The van der Waals surface area contributed by atoms with Crippen molar-refractivity contribution in [2.75, 3.05) is 26.7 Å². The number of nitrogens with zero attached hydrogens (tertiary/aromatic N) is 4. The lowest BCUT2D eigenvalue weighted by Crippen LogP contribution is -2.47. The lowest BCUT2D eigenvalue weighted by atomic mass is 9.94. The van der Waals surface area contributed by atoms with Crippen LogP contribution in [0.25, 0.3) is 0 Å². The summed E-state index contributed by atoms with van der Waals surface area (Å²) >= 11 is 0. The van der Waals surface area contributed by atoms with Gasteiger partial charge in [-0.1, -0.05) is 12.1 Å². The van der Waals surface area contributed by atoms with Crippen molar-refractivity contribution in [2.24, 2.45) is 5.92 Å². The molecule has 148 valence electrons. The molecule has 6 nitrogen and oxygen atoms in total. The normalized spacial score (nSPS) is 22.2. The van der Waals surface area contributed by atoms with Gasteiger partial charge < -0.3 is 9.64 Å². The van der Waals surface area contributed by atoms with Crippen LogP contribution >= 0.6 is 0 Å². The van der Waals surface area contributed by atoms with E-state index in [0.29, 0.717) is 17.3 Å². The molecule has 6 heteroatoms. The molecule has 0 unspecified atom stereocenters. The van der Waals surface area contributed by atoms with Gasteiger partial charge in [-0.2, -0.15) is 0 Å². The molecule has 1 aromatic carbocycles. The van der Waals surface area contributed by atoms with Crippen molar-refractivity contribution in [3.8, 4) is 5.75 Å². The Morgan fingerprint density at radius 2 is 1.93 bits per heavy atom. The number of ether oxygens (including phenoxy) is 1. The lowest BCUT2D eigenvalue weighted by Gasteiger charge is -2.36. The average Bonchev–Trinajstić information content (AvgIpc) is 2.99. The summed E-state index contributed by atoms with van der Waals surface area (Å²) in [6.45, 7) is 7.44. The van der Waals surface area contributed by atoms with Crippen LogP contribution < -0.4 is 4.74 Å². The van der Waals surface area contributed by atoms with Gasteiger partial charge in [-0.25, -0.2) is 9.97 Å². The van der Waals surface area contributed by atoms with Crippen LogP contribution in [0.5, 0.6) is 5.75 Å². The molecule has 1 amide bonds. The van der Waals surface area contributed by atoms with Gasteiger partial charge in [0, 0.05) is 38.4 Å². The highest BCUT2D eigenvalue weighted by Crippen LogP contribution is 2.30. The zero-order valence-corrected chi connectivity index (χ0v) is 16.9. The van der Waals surface area contributed by atoms with E-state index in [1.54, 1.807) is 13.3 Å². The van der Waals surface area contributed by atoms with Crippen molar-refractivity contribution in [2.45, 2.75) is 39.3 Å². The minimum atomic E-state index is 0.0819.